The molecule has 0 fully saturated rings. The molecule has 1 rings (SSSR count). The zero-order valence-corrected chi connectivity index (χ0v) is 8.79. The molecule has 1 atom stereocenters. The summed E-state index contributed by atoms with van der Waals surface area (Å²) in [5.74, 6) is -0.308. The van der Waals surface area contributed by atoms with Crippen LogP contribution in [0.5, 0.6) is 0 Å². The molecular weight excluding hydrogens is 248 g/mol. The van der Waals surface area contributed by atoms with Crippen LogP contribution in [-0.4, -0.2) is 6.18 Å². The van der Waals surface area contributed by atoms with Crippen LogP contribution in [0.4, 0.5) is 13.2 Å². The van der Waals surface area contributed by atoms with Crippen molar-refractivity contribution in [2.75, 3.05) is 0 Å². The highest BCUT2D eigenvalue weighted by molar-refractivity contribution is 6.34. The van der Waals surface area contributed by atoms with Crippen molar-refractivity contribution in [2.45, 2.75) is 12.1 Å². The van der Waals surface area contributed by atoms with E-state index in [1.807, 2.05) is 0 Å². The van der Waals surface area contributed by atoms with E-state index in [0.717, 1.165) is 12.1 Å². The van der Waals surface area contributed by atoms with E-state index >= 15 is 0 Å². The van der Waals surface area contributed by atoms with Crippen molar-refractivity contribution in [3.63, 3.8) is 0 Å². The van der Waals surface area contributed by atoms with Gasteiger partial charge < -0.3 is 0 Å². The Hall–Kier alpha value is -0.850. The Morgan fingerprint density at radius 3 is 1.93 bits per heavy atom. The molecule has 1 aromatic rings. The van der Waals surface area contributed by atoms with Gasteiger partial charge in [-0.3, -0.25) is 0 Å². The van der Waals surface area contributed by atoms with Crippen LogP contribution < -0.4 is 0 Å². The van der Waals surface area contributed by atoms with Gasteiger partial charge in [-0.15, -0.1) is 6.42 Å². The third kappa shape index (κ3) is 3.05. The Bertz CT molecular complexity index is 384. The summed E-state index contributed by atoms with van der Waals surface area (Å²) < 4.78 is 37.3. The van der Waals surface area contributed by atoms with Crippen LogP contribution in [0.25, 0.3) is 0 Å². The normalized spacial score (nSPS) is 13.3. The molecule has 80 valence electrons. The Kier molecular flexibility index (Phi) is 3.54. The summed E-state index contributed by atoms with van der Waals surface area (Å²) in [6, 6.07) is 3.66. The summed E-state index contributed by atoms with van der Waals surface area (Å²) in [6.07, 6.45) is 0.338. The third-order valence-electron chi connectivity index (χ3n) is 1.71. The number of hydrogen-bond acceptors (Lipinski definition) is 0. The van der Waals surface area contributed by atoms with Gasteiger partial charge in [0, 0.05) is 10.0 Å². The zero-order chi connectivity index (χ0) is 11.6. The molecule has 1 unspecified atom stereocenters. The molecule has 0 aliphatic carbocycles. The summed E-state index contributed by atoms with van der Waals surface area (Å²) in [5.41, 5.74) is -0.123. The molecule has 0 amide bonds. The fourth-order valence-corrected chi connectivity index (χ4v) is 1.66. The Morgan fingerprint density at radius 1 is 1.13 bits per heavy atom. The molecule has 0 saturated carbocycles. The fraction of sp³-hybridized carbons (Fsp3) is 0.200. The molecular formula is C10H5Cl2F3. The first-order valence-electron chi connectivity index (χ1n) is 3.83. The molecule has 0 bridgehead atoms. The highest BCUT2D eigenvalue weighted by atomic mass is 35.5. The van der Waals surface area contributed by atoms with Gasteiger partial charge in [-0.2, -0.15) is 13.2 Å². The molecule has 0 N–H and O–H groups in total. The van der Waals surface area contributed by atoms with Crippen LogP contribution in [0.2, 0.25) is 10.0 Å². The van der Waals surface area contributed by atoms with E-state index in [9.17, 15) is 13.2 Å². The van der Waals surface area contributed by atoms with Gasteiger partial charge in [0.15, 0.2) is 0 Å². The molecule has 0 saturated heterocycles. The molecule has 0 spiro atoms. The summed E-state index contributed by atoms with van der Waals surface area (Å²) >= 11 is 11.2. The molecule has 0 aliphatic rings. The molecule has 0 nitrogen and oxygen atoms in total. The van der Waals surface area contributed by atoms with Crippen molar-refractivity contribution in [1.29, 1.82) is 0 Å². The second kappa shape index (κ2) is 4.34. The van der Waals surface area contributed by atoms with Gasteiger partial charge in [-0.1, -0.05) is 29.1 Å². The van der Waals surface area contributed by atoms with Crippen molar-refractivity contribution < 1.29 is 13.2 Å². The SMILES string of the molecule is C#CC(c1cc(Cl)cc(Cl)c1)C(F)(F)F. The maximum absolute atomic E-state index is 12.4. The Labute approximate surface area is 95.0 Å². The van der Waals surface area contributed by atoms with Gasteiger partial charge in [0.2, 0.25) is 0 Å². The highest BCUT2D eigenvalue weighted by Gasteiger charge is 2.39. The topological polar surface area (TPSA) is 0 Å². The maximum Gasteiger partial charge on any atom is 0.406 e. The highest BCUT2D eigenvalue weighted by Crippen LogP contribution is 2.36. The third-order valence-corrected chi connectivity index (χ3v) is 2.15. The van der Waals surface area contributed by atoms with Crippen LogP contribution in [0.15, 0.2) is 18.2 Å². The molecule has 0 heterocycles. The first-order chi connectivity index (χ1) is 6.84. The van der Waals surface area contributed by atoms with Gasteiger partial charge in [0.1, 0.15) is 5.92 Å². The van der Waals surface area contributed by atoms with Crippen molar-refractivity contribution >= 4 is 23.2 Å². The number of halogens is 5. The average molecular weight is 253 g/mol. The van der Waals surface area contributed by atoms with Crippen LogP contribution in [0.3, 0.4) is 0 Å². The predicted octanol–water partition coefficient (Wildman–Crippen LogP) is 4.27. The van der Waals surface area contributed by atoms with Crippen LogP contribution in [-0.2, 0) is 0 Å². The van der Waals surface area contributed by atoms with E-state index in [0.29, 0.717) is 0 Å². The monoisotopic (exact) mass is 252 g/mol. The Morgan fingerprint density at radius 2 is 1.60 bits per heavy atom. The standard InChI is InChI=1S/C10H5Cl2F3/c1-2-9(10(13,14)15)6-3-7(11)5-8(12)4-6/h1,3-5,9H. The van der Waals surface area contributed by atoms with Crippen molar-refractivity contribution in [3.8, 4) is 12.3 Å². The zero-order valence-electron chi connectivity index (χ0n) is 7.28. The number of alkyl halides is 3. The van der Waals surface area contributed by atoms with Crippen LogP contribution in [0.1, 0.15) is 11.5 Å². The molecule has 0 aliphatic heterocycles. The number of hydrogen-bond donors (Lipinski definition) is 0. The quantitative estimate of drug-likeness (QED) is 0.655. The van der Waals surface area contributed by atoms with Gasteiger partial charge in [-0.05, 0) is 23.8 Å². The number of terminal acetylenes is 1. The van der Waals surface area contributed by atoms with E-state index in [1.54, 1.807) is 5.92 Å². The lowest BCUT2D eigenvalue weighted by Gasteiger charge is -2.15. The van der Waals surface area contributed by atoms with Crippen molar-refractivity contribution in [2.24, 2.45) is 0 Å². The van der Waals surface area contributed by atoms with Crippen LogP contribution >= 0.6 is 23.2 Å². The maximum atomic E-state index is 12.4. The number of rotatable bonds is 1. The fourth-order valence-electron chi connectivity index (χ4n) is 1.12. The van der Waals surface area contributed by atoms with Crippen LogP contribution in [0, 0.1) is 12.3 Å². The lowest BCUT2D eigenvalue weighted by atomic mass is 10.00. The van der Waals surface area contributed by atoms with Gasteiger partial charge in [0.05, 0.1) is 0 Å². The molecule has 1 aromatic carbocycles. The smallest absolute Gasteiger partial charge is 0.169 e. The van der Waals surface area contributed by atoms with E-state index < -0.39 is 12.1 Å². The van der Waals surface area contributed by atoms with Gasteiger partial charge in [-0.25, -0.2) is 0 Å². The van der Waals surface area contributed by atoms with Crippen molar-refractivity contribution in [1.82, 2.24) is 0 Å². The summed E-state index contributed by atoms with van der Waals surface area (Å²) in [6.45, 7) is 0. The molecule has 0 radical (unpaired) electrons. The minimum atomic E-state index is -4.50. The second-order valence-electron chi connectivity index (χ2n) is 2.84. The van der Waals surface area contributed by atoms with Gasteiger partial charge in [0.25, 0.3) is 0 Å². The number of benzene rings is 1. The first kappa shape index (κ1) is 12.2. The minimum Gasteiger partial charge on any atom is -0.169 e. The van der Waals surface area contributed by atoms with Gasteiger partial charge >= 0.3 is 6.18 Å². The van der Waals surface area contributed by atoms with Crippen molar-refractivity contribution in [3.05, 3.63) is 33.8 Å². The molecule has 5 heteroatoms. The summed E-state index contributed by atoms with van der Waals surface area (Å²) in [5, 5.41) is 0.254. The van der Waals surface area contributed by atoms with E-state index in [1.165, 1.54) is 6.07 Å². The molecule has 0 aromatic heterocycles. The lowest BCUT2D eigenvalue weighted by Crippen LogP contribution is -2.19. The first-order valence-corrected chi connectivity index (χ1v) is 4.59. The van der Waals surface area contributed by atoms with E-state index in [4.69, 9.17) is 29.6 Å². The second-order valence-corrected chi connectivity index (χ2v) is 3.72. The Balaban J connectivity index is 3.20. The predicted molar refractivity (Wildman–Crippen MR) is 54.1 cm³/mol. The van der Waals surface area contributed by atoms with E-state index in [2.05, 4.69) is 0 Å². The minimum absolute atomic E-state index is 0.123. The molecule has 15 heavy (non-hydrogen) atoms. The summed E-state index contributed by atoms with van der Waals surface area (Å²) in [4.78, 5) is 0. The van der Waals surface area contributed by atoms with E-state index in [-0.39, 0.29) is 15.6 Å². The largest absolute Gasteiger partial charge is 0.406 e. The average Bonchev–Trinajstić information content (AvgIpc) is 1.99. The summed E-state index contributed by atoms with van der Waals surface area (Å²) in [7, 11) is 0. The lowest BCUT2D eigenvalue weighted by molar-refractivity contribution is -0.137.